The zero-order valence-electron chi connectivity index (χ0n) is 14.7. The van der Waals surface area contributed by atoms with E-state index in [2.05, 4.69) is 15.0 Å². The molecular formula is C16H12ClF5N4O3S. The predicted octanol–water partition coefficient (Wildman–Crippen LogP) is 2.98. The number of amides is 3. The SMILES string of the molecule is NC(=O)C1CN([C@@H](c2cnc(OCC(F)(F)F)s2)c2ccc(F)c(Cl)c2F)C(=O)N1. The number of thiazole rings is 1. The van der Waals surface area contributed by atoms with Crippen molar-refractivity contribution in [1.29, 1.82) is 0 Å². The van der Waals surface area contributed by atoms with E-state index in [1.807, 2.05) is 0 Å². The molecule has 1 aliphatic heterocycles. The maximum Gasteiger partial charge on any atom is 0.422 e. The Bertz CT molecular complexity index is 986. The number of alkyl halides is 3. The lowest BCUT2D eigenvalue weighted by molar-refractivity contribution is -0.153. The predicted molar refractivity (Wildman–Crippen MR) is 95.1 cm³/mol. The first-order valence-electron chi connectivity index (χ1n) is 8.13. The molecule has 1 aliphatic rings. The van der Waals surface area contributed by atoms with Gasteiger partial charge in [-0.3, -0.25) is 4.79 Å². The summed E-state index contributed by atoms with van der Waals surface area (Å²) < 4.78 is 70.0. The Morgan fingerprint density at radius 3 is 2.73 bits per heavy atom. The van der Waals surface area contributed by atoms with Gasteiger partial charge in [0.1, 0.15) is 22.7 Å². The highest BCUT2D eigenvalue weighted by molar-refractivity contribution is 7.13. The molecule has 0 bridgehead atoms. The first kappa shape index (κ1) is 22.0. The molecular weight excluding hydrogens is 459 g/mol. The molecule has 1 saturated heterocycles. The highest BCUT2D eigenvalue weighted by atomic mass is 35.5. The van der Waals surface area contributed by atoms with Crippen LogP contribution in [0.1, 0.15) is 16.5 Å². The fraction of sp³-hybridized carbons (Fsp3) is 0.312. The van der Waals surface area contributed by atoms with Crippen molar-refractivity contribution in [2.75, 3.05) is 13.2 Å². The van der Waals surface area contributed by atoms with Crippen LogP contribution < -0.4 is 15.8 Å². The quantitative estimate of drug-likeness (QED) is 0.501. The van der Waals surface area contributed by atoms with Crippen molar-refractivity contribution in [1.82, 2.24) is 15.2 Å². The number of carbonyl (C=O) groups excluding carboxylic acids is 2. The molecule has 3 N–H and O–H groups in total. The summed E-state index contributed by atoms with van der Waals surface area (Å²) in [6, 6.07) is -1.27. The summed E-state index contributed by atoms with van der Waals surface area (Å²) in [5.41, 5.74) is 4.94. The Kier molecular flexibility index (Phi) is 6.04. The first-order chi connectivity index (χ1) is 14.0. The molecule has 2 atom stereocenters. The van der Waals surface area contributed by atoms with E-state index in [-0.39, 0.29) is 22.2 Å². The molecule has 3 amide bonds. The molecule has 2 heterocycles. The van der Waals surface area contributed by atoms with Crippen LogP contribution in [0.5, 0.6) is 5.19 Å². The van der Waals surface area contributed by atoms with E-state index in [0.717, 1.165) is 23.2 Å². The third-order valence-electron chi connectivity index (χ3n) is 4.08. The summed E-state index contributed by atoms with van der Waals surface area (Å²) in [7, 11) is 0. The van der Waals surface area contributed by atoms with Crippen molar-refractivity contribution in [3.8, 4) is 5.19 Å². The van der Waals surface area contributed by atoms with Crippen LogP contribution in [-0.4, -0.2) is 47.2 Å². The van der Waals surface area contributed by atoms with E-state index in [1.54, 1.807) is 0 Å². The number of benzene rings is 1. The van der Waals surface area contributed by atoms with Crippen LogP contribution in [0.15, 0.2) is 18.3 Å². The number of ether oxygens (including phenoxy) is 1. The van der Waals surface area contributed by atoms with E-state index < -0.39 is 53.5 Å². The standard InChI is InChI=1S/C16H12ClF5N4O3S/c17-10-7(18)2-1-6(11(10)19)12(26-4-8(13(23)27)25-14(26)28)9-3-24-15(30-9)29-5-16(20,21)22/h1-3,8,12H,4-5H2,(H2,23,27)(H,25,28)/t8?,12-/m1/s1. The van der Waals surface area contributed by atoms with Gasteiger partial charge in [0.15, 0.2) is 6.61 Å². The molecule has 0 radical (unpaired) electrons. The number of rotatable bonds is 6. The average Bonchev–Trinajstić information content (AvgIpc) is 3.27. The van der Waals surface area contributed by atoms with Crippen LogP contribution in [0.3, 0.4) is 0 Å². The van der Waals surface area contributed by atoms with Crippen molar-refractivity contribution in [2.45, 2.75) is 18.3 Å². The number of aromatic nitrogens is 1. The van der Waals surface area contributed by atoms with Gasteiger partial charge in [0.25, 0.3) is 5.19 Å². The number of hydrogen-bond acceptors (Lipinski definition) is 5. The molecule has 1 aromatic heterocycles. The zero-order chi connectivity index (χ0) is 22.2. The number of nitrogens with zero attached hydrogens (tertiary/aromatic N) is 2. The number of nitrogens with one attached hydrogen (secondary N) is 1. The van der Waals surface area contributed by atoms with Gasteiger partial charge in [-0.25, -0.2) is 18.6 Å². The van der Waals surface area contributed by atoms with Crippen molar-refractivity contribution in [3.63, 3.8) is 0 Å². The molecule has 1 aromatic carbocycles. The molecule has 7 nitrogen and oxygen atoms in total. The molecule has 0 saturated carbocycles. The largest absolute Gasteiger partial charge is 0.460 e. The number of halogens is 6. The highest BCUT2D eigenvalue weighted by Gasteiger charge is 2.40. The molecule has 14 heteroatoms. The highest BCUT2D eigenvalue weighted by Crippen LogP contribution is 2.39. The minimum atomic E-state index is -4.61. The number of nitrogens with two attached hydrogens (primary N) is 1. The van der Waals surface area contributed by atoms with Gasteiger partial charge in [-0.15, -0.1) is 0 Å². The van der Waals surface area contributed by atoms with E-state index >= 15 is 0 Å². The van der Waals surface area contributed by atoms with Crippen molar-refractivity contribution < 1.29 is 36.3 Å². The molecule has 162 valence electrons. The van der Waals surface area contributed by atoms with Crippen LogP contribution >= 0.6 is 22.9 Å². The summed E-state index contributed by atoms with van der Waals surface area (Å²) in [6.45, 7) is -1.88. The lowest BCUT2D eigenvalue weighted by atomic mass is 10.0. The topological polar surface area (TPSA) is 97.6 Å². The third-order valence-corrected chi connectivity index (χ3v) is 5.39. The second-order valence-electron chi connectivity index (χ2n) is 6.16. The fourth-order valence-electron chi connectivity index (χ4n) is 2.77. The average molecular weight is 471 g/mol. The second-order valence-corrected chi connectivity index (χ2v) is 7.56. The van der Waals surface area contributed by atoms with Crippen LogP contribution in [-0.2, 0) is 4.79 Å². The van der Waals surface area contributed by atoms with Crippen LogP contribution in [0.25, 0.3) is 0 Å². The van der Waals surface area contributed by atoms with Gasteiger partial charge >= 0.3 is 12.2 Å². The number of primary amides is 1. The Morgan fingerprint density at radius 1 is 1.43 bits per heavy atom. The third kappa shape index (κ3) is 4.56. The number of carbonyl (C=O) groups is 2. The van der Waals surface area contributed by atoms with Crippen molar-refractivity contribution in [2.24, 2.45) is 5.73 Å². The van der Waals surface area contributed by atoms with Gasteiger partial charge in [-0.1, -0.05) is 29.0 Å². The second kappa shape index (κ2) is 8.22. The van der Waals surface area contributed by atoms with Crippen LogP contribution in [0.2, 0.25) is 5.02 Å². The summed E-state index contributed by atoms with van der Waals surface area (Å²) in [6.07, 6.45) is -3.52. The van der Waals surface area contributed by atoms with Gasteiger partial charge in [-0.2, -0.15) is 13.2 Å². The smallest absolute Gasteiger partial charge is 0.422 e. The van der Waals surface area contributed by atoms with E-state index in [4.69, 9.17) is 17.3 Å². The zero-order valence-corrected chi connectivity index (χ0v) is 16.2. The maximum absolute atomic E-state index is 14.7. The molecule has 0 spiro atoms. The monoisotopic (exact) mass is 470 g/mol. The van der Waals surface area contributed by atoms with Gasteiger partial charge in [0, 0.05) is 11.8 Å². The summed E-state index contributed by atoms with van der Waals surface area (Å²) in [5, 5.41) is 1.09. The van der Waals surface area contributed by atoms with Gasteiger partial charge in [0.2, 0.25) is 5.91 Å². The van der Waals surface area contributed by atoms with Crippen LogP contribution in [0.4, 0.5) is 26.7 Å². The Hall–Kier alpha value is -2.67. The molecule has 30 heavy (non-hydrogen) atoms. The van der Waals surface area contributed by atoms with Gasteiger partial charge in [0.05, 0.1) is 17.5 Å². The van der Waals surface area contributed by atoms with Crippen molar-refractivity contribution in [3.05, 3.63) is 45.4 Å². The fourth-order valence-corrected chi connectivity index (χ4v) is 3.84. The number of hydrogen-bond donors (Lipinski definition) is 2. The Labute approximate surface area is 174 Å². The van der Waals surface area contributed by atoms with Gasteiger partial charge in [-0.05, 0) is 6.07 Å². The van der Waals surface area contributed by atoms with E-state index in [1.165, 1.54) is 0 Å². The van der Waals surface area contributed by atoms with E-state index in [0.29, 0.717) is 11.3 Å². The molecule has 3 rings (SSSR count). The summed E-state index contributed by atoms with van der Waals surface area (Å²) in [4.78, 5) is 28.6. The van der Waals surface area contributed by atoms with Crippen molar-refractivity contribution >= 4 is 34.9 Å². The normalized spacial score (nSPS) is 17.7. The lowest BCUT2D eigenvalue weighted by Gasteiger charge is -2.26. The first-order valence-corrected chi connectivity index (χ1v) is 9.32. The van der Waals surface area contributed by atoms with Gasteiger partial charge < -0.3 is 20.7 Å². The molecule has 1 fully saturated rings. The minimum absolute atomic E-state index is 0.0917. The van der Waals surface area contributed by atoms with E-state index in [9.17, 15) is 31.5 Å². The molecule has 0 aliphatic carbocycles. The Morgan fingerprint density at radius 2 is 2.13 bits per heavy atom. The maximum atomic E-state index is 14.7. The molecule has 1 unspecified atom stereocenters. The Balaban J connectivity index is 2.01. The lowest BCUT2D eigenvalue weighted by Crippen LogP contribution is -2.39. The number of urea groups is 1. The summed E-state index contributed by atoms with van der Waals surface area (Å²) >= 11 is 6.26. The summed E-state index contributed by atoms with van der Waals surface area (Å²) in [5.74, 6) is -3.07. The molecule has 2 aromatic rings. The van der Waals surface area contributed by atoms with Crippen LogP contribution in [0, 0.1) is 11.6 Å². The minimum Gasteiger partial charge on any atom is -0.460 e.